The Balaban J connectivity index is 2.46. The van der Waals surface area contributed by atoms with Gasteiger partial charge in [-0.05, 0) is 17.7 Å². The number of halogens is 2. The molecule has 0 radical (unpaired) electrons. The maximum atomic E-state index is 8.91. The highest BCUT2D eigenvalue weighted by Gasteiger charge is 2.07. The van der Waals surface area contributed by atoms with Gasteiger partial charge in [-0.3, -0.25) is 4.98 Å². The van der Waals surface area contributed by atoms with Crippen molar-refractivity contribution < 1.29 is 5.11 Å². The Kier molecular flexibility index (Phi) is 3.44. The molecule has 4 heteroatoms. The first-order valence-corrected chi connectivity index (χ1v) is 5.48. The summed E-state index contributed by atoms with van der Waals surface area (Å²) >= 11 is 12.0. The normalized spacial score (nSPS) is 10.4. The van der Waals surface area contributed by atoms with E-state index in [1.165, 1.54) is 0 Å². The van der Waals surface area contributed by atoms with Crippen LogP contribution in [0.5, 0.6) is 0 Å². The van der Waals surface area contributed by atoms with Gasteiger partial charge in [-0.15, -0.1) is 0 Å². The minimum Gasteiger partial charge on any atom is -0.392 e. The average Bonchev–Trinajstić information content (AvgIpc) is 2.33. The quantitative estimate of drug-likeness (QED) is 0.888. The van der Waals surface area contributed by atoms with Crippen LogP contribution in [0.2, 0.25) is 10.0 Å². The fraction of sp³-hybridized carbons (Fsp3) is 0.0833. The van der Waals surface area contributed by atoms with E-state index in [1.807, 2.05) is 18.2 Å². The molecule has 0 amide bonds. The molecule has 82 valence electrons. The number of aromatic nitrogens is 1. The van der Waals surface area contributed by atoms with E-state index in [0.29, 0.717) is 10.0 Å². The van der Waals surface area contributed by atoms with Crippen LogP contribution in [-0.2, 0) is 6.61 Å². The van der Waals surface area contributed by atoms with E-state index in [0.717, 1.165) is 16.8 Å². The summed E-state index contributed by atoms with van der Waals surface area (Å²) in [4.78, 5) is 4.22. The van der Waals surface area contributed by atoms with Gasteiger partial charge in [-0.2, -0.15) is 0 Å². The summed E-state index contributed by atoms with van der Waals surface area (Å²) in [5.74, 6) is 0. The van der Waals surface area contributed by atoms with Crippen LogP contribution in [0.25, 0.3) is 11.3 Å². The second-order valence-corrected chi connectivity index (χ2v) is 4.10. The molecule has 1 aromatic carbocycles. The molecule has 0 bridgehead atoms. The monoisotopic (exact) mass is 253 g/mol. The minimum atomic E-state index is -0.0173. The molecular formula is C12H9Cl2NO. The van der Waals surface area contributed by atoms with Gasteiger partial charge >= 0.3 is 0 Å². The van der Waals surface area contributed by atoms with Crippen molar-refractivity contribution in [3.05, 3.63) is 52.1 Å². The second kappa shape index (κ2) is 4.83. The molecule has 0 fully saturated rings. The molecule has 0 saturated carbocycles. The molecule has 0 spiro atoms. The SMILES string of the molecule is OCc1ccc(-c2cccc(Cl)c2Cl)nc1. The van der Waals surface area contributed by atoms with E-state index in [1.54, 1.807) is 18.3 Å². The van der Waals surface area contributed by atoms with E-state index < -0.39 is 0 Å². The molecule has 1 heterocycles. The van der Waals surface area contributed by atoms with Crippen LogP contribution in [-0.4, -0.2) is 10.1 Å². The summed E-state index contributed by atoms with van der Waals surface area (Å²) in [7, 11) is 0. The van der Waals surface area contributed by atoms with Crippen LogP contribution < -0.4 is 0 Å². The molecule has 0 aliphatic rings. The Morgan fingerprint density at radius 2 is 1.94 bits per heavy atom. The molecule has 2 aromatic rings. The van der Waals surface area contributed by atoms with Gasteiger partial charge in [0, 0.05) is 11.8 Å². The van der Waals surface area contributed by atoms with Gasteiger partial charge in [0.15, 0.2) is 0 Å². The van der Waals surface area contributed by atoms with Crippen LogP contribution in [0.3, 0.4) is 0 Å². The first-order valence-electron chi connectivity index (χ1n) is 4.72. The van der Waals surface area contributed by atoms with E-state index in [4.69, 9.17) is 28.3 Å². The average molecular weight is 254 g/mol. The zero-order valence-electron chi connectivity index (χ0n) is 8.32. The Hall–Kier alpha value is -1.09. The molecule has 0 atom stereocenters. The molecule has 0 unspecified atom stereocenters. The van der Waals surface area contributed by atoms with E-state index in [9.17, 15) is 0 Å². The van der Waals surface area contributed by atoms with Gasteiger partial charge in [0.05, 0.1) is 22.3 Å². The second-order valence-electron chi connectivity index (χ2n) is 3.31. The highest BCUT2D eigenvalue weighted by Crippen LogP contribution is 2.32. The van der Waals surface area contributed by atoms with Gasteiger partial charge in [0.25, 0.3) is 0 Å². The molecule has 16 heavy (non-hydrogen) atoms. The van der Waals surface area contributed by atoms with Gasteiger partial charge < -0.3 is 5.11 Å². The summed E-state index contributed by atoms with van der Waals surface area (Å²) in [6.45, 7) is -0.0173. The summed E-state index contributed by atoms with van der Waals surface area (Å²) in [6.07, 6.45) is 1.62. The lowest BCUT2D eigenvalue weighted by molar-refractivity contribution is 0.281. The molecule has 1 aromatic heterocycles. The molecule has 0 aliphatic heterocycles. The lowest BCUT2D eigenvalue weighted by Gasteiger charge is -2.05. The maximum Gasteiger partial charge on any atom is 0.0717 e. The van der Waals surface area contributed by atoms with Crippen molar-refractivity contribution >= 4 is 23.2 Å². The van der Waals surface area contributed by atoms with E-state index in [-0.39, 0.29) is 6.61 Å². The molecule has 0 aliphatic carbocycles. The Morgan fingerprint density at radius 3 is 2.56 bits per heavy atom. The van der Waals surface area contributed by atoms with E-state index >= 15 is 0 Å². The third-order valence-electron chi connectivity index (χ3n) is 2.23. The smallest absolute Gasteiger partial charge is 0.0717 e. The fourth-order valence-corrected chi connectivity index (χ4v) is 1.78. The van der Waals surface area contributed by atoms with Crippen molar-refractivity contribution in [2.45, 2.75) is 6.61 Å². The van der Waals surface area contributed by atoms with Crippen LogP contribution in [0.15, 0.2) is 36.5 Å². The van der Waals surface area contributed by atoms with Crippen LogP contribution in [0.4, 0.5) is 0 Å². The van der Waals surface area contributed by atoms with Crippen molar-refractivity contribution in [3.63, 3.8) is 0 Å². The van der Waals surface area contributed by atoms with Crippen molar-refractivity contribution in [2.24, 2.45) is 0 Å². The number of pyridine rings is 1. The molecule has 0 saturated heterocycles. The third-order valence-corrected chi connectivity index (χ3v) is 3.05. The summed E-state index contributed by atoms with van der Waals surface area (Å²) < 4.78 is 0. The number of hydrogen-bond donors (Lipinski definition) is 1. The van der Waals surface area contributed by atoms with Crippen molar-refractivity contribution in [1.29, 1.82) is 0 Å². The van der Waals surface area contributed by atoms with Gasteiger partial charge in [0.1, 0.15) is 0 Å². The summed E-state index contributed by atoms with van der Waals surface area (Å²) in [6, 6.07) is 9.03. The standard InChI is InChI=1S/C12H9Cl2NO/c13-10-3-1-2-9(12(10)14)11-5-4-8(7-16)6-15-11/h1-6,16H,7H2. The van der Waals surface area contributed by atoms with Crippen molar-refractivity contribution in [3.8, 4) is 11.3 Å². The number of rotatable bonds is 2. The van der Waals surface area contributed by atoms with Gasteiger partial charge in [-0.1, -0.05) is 41.4 Å². The highest BCUT2D eigenvalue weighted by atomic mass is 35.5. The van der Waals surface area contributed by atoms with Crippen molar-refractivity contribution in [1.82, 2.24) is 4.98 Å². The number of aliphatic hydroxyl groups excluding tert-OH is 1. The molecular weight excluding hydrogens is 245 g/mol. The van der Waals surface area contributed by atoms with E-state index in [2.05, 4.69) is 4.98 Å². The van der Waals surface area contributed by atoms with Gasteiger partial charge in [0.2, 0.25) is 0 Å². The first-order chi connectivity index (χ1) is 7.72. The minimum absolute atomic E-state index is 0.0173. The summed E-state index contributed by atoms with van der Waals surface area (Å²) in [5, 5.41) is 9.91. The number of hydrogen-bond acceptors (Lipinski definition) is 2. The largest absolute Gasteiger partial charge is 0.392 e. The first kappa shape index (κ1) is 11.4. The topological polar surface area (TPSA) is 33.1 Å². The lowest BCUT2D eigenvalue weighted by Crippen LogP contribution is -1.88. The molecule has 2 nitrogen and oxygen atoms in total. The Labute approximate surface area is 103 Å². The fourth-order valence-electron chi connectivity index (χ4n) is 1.38. The zero-order chi connectivity index (χ0) is 11.5. The number of nitrogens with zero attached hydrogens (tertiary/aromatic N) is 1. The predicted octanol–water partition coefficient (Wildman–Crippen LogP) is 3.55. The highest BCUT2D eigenvalue weighted by molar-refractivity contribution is 6.43. The lowest BCUT2D eigenvalue weighted by atomic mass is 10.1. The number of aliphatic hydroxyl groups is 1. The van der Waals surface area contributed by atoms with Crippen LogP contribution in [0, 0.1) is 0 Å². The predicted molar refractivity (Wildman–Crippen MR) is 65.6 cm³/mol. The zero-order valence-corrected chi connectivity index (χ0v) is 9.83. The Morgan fingerprint density at radius 1 is 1.12 bits per heavy atom. The van der Waals surface area contributed by atoms with Crippen LogP contribution in [0.1, 0.15) is 5.56 Å². The van der Waals surface area contributed by atoms with Crippen molar-refractivity contribution in [2.75, 3.05) is 0 Å². The van der Waals surface area contributed by atoms with Gasteiger partial charge in [-0.25, -0.2) is 0 Å². The summed E-state index contributed by atoms with van der Waals surface area (Å²) in [5.41, 5.74) is 2.30. The van der Waals surface area contributed by atoms with Crippen LogP contribution >= 0.6 is 23.2 Å². The third kappa shape index (κ3) is 2.19. The molecule has 1 N–H and O–H groups in total. The maximum absolute atomic E-state index is 8.91. The number of benzene rings is 1. The Bertz CT molecular complexity index is 497. The molecule has 2 rings (SSSR count).